The molecule has 0 atom stereocenters. The van der Waals surface area contributed by atoms with E-state index in [-0.39, 0.29) is 0 Å². The zero-order valence-electron chi connectivity index (χ0n) is 6.91. The number of alkyl halides is 6. The molecule has 0 radical (unpaired) electrons. The van der Waals surface area contributed by atoms with Crippen LogP contribution in [0.5, 0.6) is 0 Å². The predicted molar refractivity (Wildman–Crippen MR) is 33.6 cm³/mol. The zero-order chi connectivity index (χ0) is 12.3. The van der Waals surface area contributed by atoms with Gasteiger partial charge in [-0.05, 0) is 13.2 Å². The third-order valence-corrected chi connectivity index (χ3v) is 0.687. The summed E-state index contributed by atoms with van der Waals surface area (Å²) < 4.78 is 78.4. The van der Waals surface area contributed by atoms with E-state index in [9.17, 15) is 26.3 Å². The predicted octanol–water partition coefficient (Wildman–Crippen LogP) is 3.02. The van der Waals surface area contributed by atoms with Crippen LogP contribution in [-0.2, 0) is 14.2 Å². The van der Waals surface area contributed by atoms with Crippen molar-refractivity contribution >= 4 is 0 Å². The highest BCUT2D eigenvalue weighted by molar-refractivity contribution is 4.80. The highest BCUT2D eigenvalue weighted by Gasteiger charge is 2.35. The normalized spacial score (nSPS) is 11.9. The fourth-order valence-electron chi connectivity index (χ4n) is 0.427. The van der Waals surface area contributed by atoms with Gasteiger partial charge in [-0.15, -0.1) is 26.3 Å². The van der Waals surface area contributed by atoms with Crippen LogP contribution in [0.25, 0.3) is 0 Å². The first-order valence-corrected chi connectivity index (χ1v) is 3.07. The van der Waals surface area contributed by atoms with Crippen molar-refractivity contribution in [2.75, 3.05) is 0 Å². The standard InChI is InChI=1S/C6H4F6O3/c1-3(14-5(7,8)9)13-4(2)15-6(10,11)12/h1-2H2. The largest absolute Gasteiger partial charge is 0.575 e. The van der Waals surface area contributed by atoms with Gasteiger partial charge in [0.05, 0.1) is 0 Å². The number of hydrogen-bond acceptors (Lipinski definition) is 3. The fourth-order valence-corrected chi connectivity index (χ4v) is 0.427. The Labute approximate surface area is 79.5 Å². The van der Waals surface area contributed by atoms with Gasteiger partial charge in [-0.25, -0.2) is 0 Å². The lowest BCUT2D eigenvalue weighted by atomic mass is 10.9. The van der Waals surface area contributed by atoms with Crippen molar-refractivity contribution in [2.24, 2.45) is 0 Å². The average molecular weight is 238 g/mol. The number of hydrogen-bond donors (Lipinski definition) is 0. The molecule has 0 fully saturated rings. The molecule has 0 rings (SSSR count). The summed E-state index contributed by atoms with van der Waals surface area (Å²) in [6.07, 6.45) is -10.2. The quantitative estimate of drug-likeness (QED) is 0.556. The van der Waals surface area contributed by atoms with Gasteiger partial charge in [0, 0.05) is 0 Å². The van der Waals surface area contributed by atoms with E-state index in [2.05, 4.69) is 27.4 Å². The molecule has 0 saturated heterocycles. The topological polar surface area (TPSA) is 27.7 Å². The average Bonchev–Trinajstić information content (AvgIpc) is 1.73. The van der Waals surface area contributed by atoms with Crippen molar-refractivity contribution in [3.05, 3.63) is 25.0 Å². The number of rotatable bonds is 4. The van der Waals surface area contributed by atoms with Gasteiger partial charge < -0.3 is 14.2 Å². The Bertz CT molecular complexity index is 227. The van der Waals surface area contributed by atoms with Crippen molar-refractivity contribution in [3.8, 4) is 0 Å². The highest BCUT2D eigenvalue weighted by atomic mass is 19.4. The van der Waals surface area contributed by atoms with E-state index >= 15 is 0 Å². The van der Waals surface area contributed by atoms with Crippen LogP contribution in [0.1, 0.15) is 0 Å². The summed E-state index contributed by atoms with van der Waals surface area (Å²) in [5, 5.41) is 0. The number of halogens is 6. The smallest absolute Gasteiger partial charge is 0.393 e. The monoisotopic (exact) mass is 238 g/mol. The van der Waals surface area contributed by atoms with E-state index in [4.69, 9.17) is 0 Å². The second kappa shape index (κ2) is 4.32. The SMILES string of the molecule is C=C(OC(=C)OC(F)(F)F)OC(F)(F)F. The summed E-state index contributed by atoms with van der Waals surface area (Å²) in [7, 11) is 0. The lowest BCUT2D eigenvalue weighted by Gasteiger charge is -2.14. The Morgan fingerprint density at radius 1 is 0.733 bits per heavy atom. The molecule has 0 aliphatic rings. The summed E-state index contributed by atoms with van der Waals surface area (Å²) in [4.78, 5) is 0. The van der Waals surface area contributed by atoms with Crippen molar-refractivity contribution in [2.45, 2.75) is 12.7 Å². The molecule has 0 spiro atoms. The zero-order valence-corrected chi connectivity index (χ0v) is 6.91. The summed E-state index contributed by atoms with van der Waals surface area (Å²) in [5.74, 6) is -2.87. The summed E-state index contributed by atoms with van der Waals surface area (Å²) in [6.45, 7) is 5.07. The first kappa shape index (κ1) is 13.5. The molecular formula is C6H4F6O3. The maximum atomic E-state index is 11.4. The van der Waals surface area contributed by atoms with Gasteiger partial charge in [-0.2, -0.15) is 0 Å². The van der Waals surface area contributed by atoms with E-state index in [1.54, 1.807) is 0 Å². The molecule has 0 aromatic rings. The Hall–Kier alpha value is -1.54. The minimum Gasteiger partial charge on any atom is -0.393 e. The molecule has 0 aromatic heterocycles. The maximum Gasteiger partial charge on any atom is 0.575 e. The summed E-state index contributed by atoms with van der Waals surface area (Å²) in [5.41, 5.74) is 0. The van der Waals surface area contributed by atoms with E-state index < -0.39 is 24.6 Å². The number of ether oxygens (including phenoxy) is 3. The molecule has 0 heterocycles. The lowest BCUT2D eigenvalue weighted by molar-refractivity contribution is -0.339. The van der Waals surface area contributed by atoms with Crippen LogP contribution in [0.2, 0.25) is 0 Å². The second-order valence-electron chi connectivity index (χ2n) is 1.94. The van der Waals surface area contributed by atoms with Crippen LogP contribution in [0.15, 0.2) is 25.0 Å². The first-order chi connectivity index (χ1) is 6.49. The Morgan fingerprint density at radius 3 is 1.20 bits per heavy atom. The van der Waals surface area contributed by atoms with Gasteiger partial charge in [0.2, 0.25) is 0 Å². The minimum absolute atomic E-state index is 1.43. The first-order valence-electron chi connectivity index (χ1n) is 3.07. The van der Waals surface area contributed by atoms with Crippen LogP contribution in [0, 0.1) is 0 Å². The second-order valence-corrected chi connectivity index (χ2v) is 1.94. The van der Waals surface area contributed by atoms with E-state index in [1.807, 2.05) is 0 Å². The molecule has 0 aliphatic heterocycles. The minimum atomic E-state index is -5.12. The van der Waals surface area contributed by atoms with E-state index in [0.29, 0.717) is 0 Å². The molecule has 0 N–H and O–H groups in total. The van der Waals surface area contributed by atoms with Crippen LogP contribution in [0.3, 0.4) is 0 Å². The summed E-state index contributed by atoms with van der Waals surface area (Å²) >= 11 is 0. The Kier molecular flexibility index (Phi) is 3.88. The van der Waals surface area contributed by atoms with Crippen LogP contribution in [-0.4, -0.2) is 12.7 Å². The Morgan fingerprint density at radius 2 is 1.00 bits per heavy atom. The van der Waals surface area contributed by atoms with Crippen LogP contribution < -0.4 is 0 Å². The van der Waals surface area contributed by atoms with Gasteiger partial charge in [0.1, 0.15) is 0 Å². The maximum absolute atomic E-state index is 11.4. The van der Waals surface area contributed by atoms with Gasteiger partial charge >= 0.3 is 12.7 Å². The highest BCUT2D eigenvalue weighted by Crippen LogP contribution is 2.24. The van der Waals surface area contributed by atoms with Crippen molar-refractivity contribution in [3.63, 3.8) is 0 Å². The molecule has 0 aromatic carbocycles. The molecule has 0 bridgehead atoms. The van der Waals surface area contributed by atoms with Crippen LogP contribution >= 0.6 is 0 Å². The fraction of sp³-hybridized carbons (Fsp3) is 0.333. The lowest BCUT2D eigenvalue weighted by Crippen LogP contribution is -2.17. The van der Waals surface area contributed by atoms with Crippen molar-refractivity contribution < 1.29 is 40.6 Å². The van der Waals surface area contributed by atoms with Gasteiger partial charge in [0.15, 0.2) is 0 Å². The van der Waals surface area contributed by atoms with E-state index in [0.717, 1.165) is 0 Å². The van der Waals surface area contributed by atoms with Crippen LogP contribution in [0.4, 0.5) is 26.3 Å². The third-order valence-electron chi connectivity index (χ3n) is 0.687. The molecule has 3 nitrogen and oxygen atoms in total. The third kappa shape index (κ3) is 8.78. The van der Waals surface area contributed by atoms with Crippen molar-refractivity contribution in [1.82, 2.24) is 0 Å². The summed E-state index contributed by atoms with van der Waals surface area (Å²) in [6, 6.07) is 0. The van der Waals surface area contributed by atoms with Gasteiger partial charge in [-0.1, -0.05) is 0 Å². The van der Waals surface area contributed by atoms with Gasteiger partial charge in [-0.3, -0.25) is 0 Å². The van der Waals surface area contributed by atoms with Gasteiger partial charge in [0.25, 0.3) is 11.9 Å². The molecule has 9 heteroatoms. The van der Waals surface area contributed by atoms with E-state index in [1.165, 1.54) is 0 Å². The molecule has 88 valence electrons. The Balaban J connectivity index is 4.04. The van der Waals surface area contributed by atoms with Crippen molar-refractivity contribution in [1.29, 1.82) is 0 Å². The molecule has 0 saturated carbocycles. The molecular weight excluding hydrogens is 234 g/mol. The molecule has 0 unspecified atom stereocenters. The molecule has 15 heavy (non-hydrogen) atoms. The molecule has 0 aliphatic carbocycles. The molecule has 0 amide bonds.